The van der Waals surface area contributed by atoms with E-state index in [4.69, 9.17) is 5.73 Å². The fourth-order valence-electron chi connectivity index (χ4n) is 2.36. The van der Waals surface area contributed by atoms with Crippen molar-refractivity contribution in [1.29, 1.82) is 0 Å². The van der Waals surface area contributed by atoms with Crippen molar-refractivity contribution < 1.29 is 4.79 Å². The summed E-state index contributed by atoms with van der Waals surface area (Å²) < 4.78 is 0. The Morgan fingerprint density at radius 3 is 2.65 bits per heavy atom. The molecule has 4 nitrogen and oxygen atoms in total. The molecule has 0 radical (unpaired) electrons. The Morgan fingerprint density at radius 1 is 1.41 bits per heavy atom. The fraction of sp³-hybridized carbons (Fsp3) is 0.667. The molecule has 2 rings (SSSR count). The van der Waals surface area contributed by atoms with Gasteiger partial charge in [0.15, 0.2) is 0 Å². The lowest BCUT2D eigenvalue weighted by Gasteiger charge is -2.21. The lowest BCUT2D eigenvalue weighted by Crippen LogP contribution is -2.40. The maximum atomic E-state index is 11.5. The number of amides is 1. The van der Waals surface area contributed by atoms with Crippen molar-refractivity contribution in [2.75, 3.05) is 0 Å². The van der Waals surface area contributed by atoms with Crippen LogP contribution in [0, 0.1) is 0 Å². The van der Waals surface area contributed by atoms with Crippen molar-refractivity contribution in [1.82, 2.24) is 10.3 Å². The number of carbonyl (C=O) groups is 1. The molecule has 1 unspecified atom stereocenters. The zero-order chi connectivity index (χ0) is 12.1. The average Bonchev–Trinajstić information content (AvgIpc) is 2.70. The van der Waals surface area contributed by atoms with Crippen molar-refractivity contribution >= 4 is 17.2 Å². The monoisotopic (exact) mass is 253 g/mol. The van der Waals surface area contributed by atoms with Gasteiger partial charge in [-0.2, -0.15) is 0 Å². The summed E-state index contributed by atoms with van der Waals surface area (Å²) in [6.45, 7) is 0. The highest BCUT2D eigenvalue weighted by molar-refractivity contribution is 7.07. The molecular weight excluding hydrogens is 234 g/mol. The SMILES string of the molecule is NC(=O)C(NC1CCCCCC1)c1cscn1. The van der Waals surface area contributed by atoms with Crippen molar-refractivity contribution in [2.24, 2.45) is 5.73 Å². The highest BCUT2D eigenvalue weighted by atomic mass is 32.1. The smallest absolute Gasteiger partial charge is 0.240 e. The van der Waals surface area contributed by atoms with Crippen LogP contribution in [0.2, 0.25) is 0 Å². The number of thiazole rings is 1. The third kappa shape index (κ3) is 3.51. The minimum Gasteiger partial charge on any atom is -0.368 e. The molecule has 5 heteroatoms. The molecule has 1 aliphatic rings. The van der Waals surface area contributed by atoms with Gasteiger partial charge in [-0.1, -0.05) is 25.7 Å². The normalized spacial score (nSPS) is 19.8. The van der Waals surface area contributed by atoms with Gasteiger partial charge in [-0.25, -0.2) is 4.98 Å². The van der Waals surface area contributed by atoms with Gasteiger partial charge in [0, 0.05) is 11.4 Å². The molecule has 0 spiro atoms. The van der Waals surface area contributed by atoms with Crippen LogP contribution in [0.5, 0.6) is 0 Å². The van der Waals surface area contributed by atoms with Crippen LogP contribution in [0.3, 0.4) is 0 Å². The first-order valence-corrected chi connectivity index (χ1v) is 7.15. The molecule has 0 aliphatic heterocycles. The minimum absolute atomic E-state index is 0.333. The van der Waals surface area contributed by atoms with Gasteiger partial charge < -0.3 is 5.73 Å². The Bertz CT molecular complexity index is 345. The maximum Gasteiger partial charge on any atom is 0.240 e. The summed E-state index contributed by atoms with van der Waals surface area (Å²) in [7, 11) is 0. The van der Waals surface area contributed by atoms with Crippen LogP contribution in [0.4, 0.5) is 0 Å². The lowest BCUT2D eigenvalue weighted by atomic mass is 10.1. The predicted molar refractivity (Wildman–Crippen MR) is 68.7 cm³/mol. The summed E-state index contributed by atoms with van der Waals surface area (Å²) in [6.07, 6.45) is 7.34. The first-order valence-electron chi connectivity index (χ1n) is 6.21. The number of aromatic nitrogens is 1. The second-order valence-electron chi connectivity index (χ2n) is 4.60. The number of nitrogens with zero attached hydrogens (tertiary/aromatic N) is 1. The van der Waals surface area contributed by atoms with Gasteiger partial charge in [0.25, 0.3) is 0 Å². The summed E-state index contributed by atoms with van der Waals surface area (Å²) in [5, 5.41) is 5.26. The van der Waals surface area contributed by atoms with Crippen LogP contribution in [-0.2, 0) is 4.79 Å². The zero-order valence-corrected chi connectivity index (χ0v) is 10.7. The van der Waals surface area contributed by atoms with Crippen LogP contribution in [0.1, 0.15) is 50.3 Å². The van der Waals surface area contributed by atoms with Gasteiger partial charge in [0.1, 0.15) is 6.04 Å². The predicted octanol–water partition coefficient (Wildman–Crippen LogP) is 1.98. The van der Waals surface area contributed by atoms with E-state index in [1.54, 1.807) is 5.51 Å². The summed E-state index contributed by atoms with van der Waals surface area (Å²) in [5.41, 5.74) is 7.94. The van der Waals surface area contributed by atoms with Crippen LogP contribution < -0.4 is 11.1 Å². The molecular formula is C12H19N3OS. The number of primary amides is 1. The van der Waals surface area contributed by atoms with Gasteiger partial charge in [-0.3, -0.25) is 10.1 Å². The number of nitrogens with two attached hydrogens (primary N) is 1. The van der Waals surface area contributed by atoms with Gasteiger partial charge in [-0.15, -0.1) is 11.3 Å². The highest BCUT2D eigenvalue weighted by Gasteiger charge is 2.23. The van der Waals surface area contributed by atoms with Gasteiger partial charge in [0.2, 0.25) is 5.91 Å². The Hall–Kier alpha value is -0.940. The standard InChI is InChI=1S/C12H19N3OS/c13-12(16)11(10-7-17-8-14-10)15-9-5-3-1-2-4-6-9/h7-9,11,15H,1-6H2,(H2,13,16). The molecule has 1 aliphatic carbocycles. The van der Waals surface area contributed by atoms with Crippen LogP contribution >= 0.6 is 11.3 Å². The molecule has 1 aromatic heterocycles. The van der Waals surface area contributed by atoms with Crippen molar-refractivity contribution in [3.63, 3.8) is 0 Å². The minimum atomic E-state index is -0.427. The Kier molecular flexibility index (Phi) is 4.50. The van der Waals surface area contributed by atoms with E-state index in [0.717, 1.165) is 18.5 Å². The third-order valence-electron chi connectivity index (χ3n) is 3.29. The molecule has 1 amide bonds. The largest absolute Gasteiger partial charge is 0.368 e. The van der Waals surface area contributed by atoms with Gasteiger partial charge >= 0.3 is 0 Å². The number of nitrogens with one attached hydrogen (secondary N) is 1. The van der Waals surface area contributed by atoms with E-state index in [2.05, 4.69) is 10.3 Å². The quantitative estimate of drug-likeness (QED) is 0.806. The van der Waals surface area contributed by atoms with Gasteiger partial charge in [0.05, 0.1) is 11.2 Å². The van der Waals surface area contributed by atoms with E-state index in [9.17, 15) is 4.79 Å². The summed E-state index contributed by atoms with van der Waals surface area (Å²) in [4.78, 5) is 15.7. The Morgan fingerprint density at radius 2 is 2.12 bits per heavy atom. The molecule has 1 heterocycles. The van der Waals surface area contributed by atoms with E-state index in [1.807, 2.05) is 5.38 Å². The number of hydrogen-bond acceptors (Lipinski definition) is 4. The molecule has 17 heavy (non-hydrogen) atoms. The molecule has 1 atom stereocenters. The highest BCUT2D eigenvalue weighted by Crippen LogP contribution is 2.21. The van der Waals surface area contributed by atoms with E-state index < -0.39 is 6.04 Å². The molecule has 1 fully saturated rings. The summed E-state index contributed by atoms with van der Waals surface area (Å²) >= 11 is 1.49. The topological polar surface area (TPSA) is 68.0 Å². The fourth-order valence-corrected chi connectivity index (χ4v) is 2.94. The van der Waals surface area contributed by atoms with Crippen molar-refractivity contribution in [3.8, 4) is 0 Å². The first-order chi connectivity index (χ1) is 8.27. The van der Waals surface area contributed by atoms with Crippen LogP contribution in [0.15, 0.2) is 10.9 Å². The second kappa shape index (κ2) is 6.12. The lowest BCUT2D eigenvalue weighted by molar-refractivity contribution is -0.120. The van der Waals surface area contributed by atoms with E-state index in [-0.39, 0.29) is 5.91 Å². The third-order valence-corrected chi connectivity index (χ3v) is 3.89. The Labute approximate surface area is 106 Å². The molecule has 0 aromatic carbocycles. The molecule has 0 bridgehead atoms. The van der Waals surface area contributed by atoms with Crippen LogP contribution in [0.25, 0.3) is 0 Å². The second-order valence-corrected chi connectivity index (χ2v) is 5.32. The zero-order valence-electron chi connectivity index (χ0n) is 9.89. The molecule has 1 aromatic rings. The number of carbonyl (C=O) groups excluding carboxylic acids is 1. The number of hydrogen-bond donors (Lipinski definition) is 2. The van der Waals surface area contributed by atoms with Gasteiger partial charge in [-0.05, 0) is 12.8 Å². The summed E-state index contributed by atoms with van der Waals surface area (Å²) in [6, 6.07) is -0.0268. The van der Waals surface area contributed by atoms with E-state index in [0.29, 0.717) is 6.04 Å². The molecule has 0 saturated heterocycles. The van der Waals surface area contributed by atoms with Crippen molar-refractivity contribution in [2.45, 2.75) is 50.6 Å². The van der Waals surface area contributed by atoms with Crippen LogP contribution in [-0.4, -0.2) is 16.9 Å². The summed E-state index contributed by atoms with van der Waals surface area (Å²) in [5.74, 6) is -0.333. The van der Waals surface area contributed by atoms with E-state index >= 15 is 0 Å². The number of rotatable bonds is 4. The first kappa shape index (κ1) is 12.5. The van der Waals surface area contributed by atoms with E-state index in [1.165, 1.54) is 37.0 Å². The Balaban J connectivity index is 2.00. The molecule has 1 saturated carbocycles. The molecule has 94 valence electrons. The average molecular weight is 253 g/mol. The molecule has 3 N–H and O–H groups in total. The maximum absolute atomic E-state index is 11.5. The van der Waals surface area contributed by atoms with Crippen molar-refractivity contribution in [3.05, 3.63) is 16.6 Å².